The van der Waals surface area contributed by atoms with E-state index in [4.69, 9.17) is 9.97 Å². The third-order valence-electron chi connectivity index (χ3n) is 8.98. The number of aromatic nitrogens is 4. The second-order valence-corrected chi connectivity index (χ2v) is 14.6. The molecule has 0 aliphatic heterocycles. The van der Waals surface area contributed by atoms with Gasteiger partial charge >= 0.3 is 7.60 Å². The lowest BCUT2D eigenvalue weighted by molar-refractivity contribution is -0.697. The number of benzene rings is 3. The number of unbranched alkanes of at least 4 members (excludes halogenated alkanes) is 2. The first-order valence-corrected chi connectivity index (χ1v) is 19.3. The number of hydrogen-bond acceptors (Lipinski definition) is 3. The average Bonchev–Trinajstić information content (AvgIpc) is 3.16. The van der Waals surface area contributed by atoms with Gasteiger partial charge in [-0.2, -0.15) is 0 Å². The minimum absolute atomic E-state index is 0. The first-order valence-electron chi connectivity index (χ1n) is 17.5. The Morgan fingerprint density at radius 3 is 1.29 bits per heavy atom. The molecule has 0 saturated carbocycles. The standard InChI is InChI=1S/C42H43N4O3P.2BrH/c1-3-5-24-45-26-19-35(20-27-45)33-11-15-37(16-12-33)40-31-41(44-42(43-40)39-9-7-32(8-10-39)23-30-50(47,48)49)38-17-13-34(14-18-38)36-21-28-46(29-22-36)25-6-4-2;;/h7-22,26-29,31H,3-6,23-25,30H2,1-2H3;2*1H. The highest BCUT2D eigenvalue weighted by Crippen LogP contribution is 2.35. The first kappa shape index (κ1) is 40.9. The van der Waals surface area contributed by atoms with Crippen molar-refractivity contribution in [2.75, 3.05) is 6.16 Å². The Kier molecular flexibility index (Phi) is 15.2. The Bertz CT molecular complexity index is 1940. The van der Waals surface area contributed by atoms with Crippen molar-refractivity contribution in [1.82, 2.24) is 9.97 Å². The SMILES string of the molecule is CCCC[n+]1ccc(-c2ccc(-c3cc(-c4ccc(-c5cc[n+](CCCC)cc5)cc4)nc(-c4ccc(CCP(=O)(O)O)cc4)n3)cc2)cc1.[Br-].[Br-]. The second-order valence-electron chi connectivity index (χ2n) is 12.8. The highest BCUT2D eigenvalue weighted by molar-refractivity contribution is 7.51. The summed E-state index contributed by atoms with van der Waals surface area (Å²) in [7, 11) is -4.07. The average molecular weight is 845 g/mol. The van der Waals surface area contributed by atoms with Crippen LogP contribution < -0.4 is 43.1 Å². The molecule has 3 heterocycles. The fourth-order valence-corrected chi connectivity index (χ4v) is 6.46. The second kappa shape index (κ2) is 19.3. The maximum Gasteiger partial charge on any atom is 0.325 e. The first-order chi connectivity index (χ1) is 24.3. The van der Waals surface area contributed by atoms with Gasteiger partial charge in [-0.1, -0.05) is 99.5 Å². The maximum absolute atomic E-state index is 11.4. The van der Waals surface area contributed by atoms with Gasteiger partial charge in [0.15, 0.2) is 30.6 Å². The lowest BCUT2D eigenvalue weighted by Crippen LogP contribution is -3.00. The molecule has 0 radical (unpaired) electrons. The predicted molar refractivity (Wildman–Crippen MR) is 200 cm³/mol. The Labute approximate surface area is 328 Å². The van der Waals surface area contributed by atoms with Crippen molar-refractivity contribution in [2.45, 2.75) is 59.0 Å². The third kappa shape index (κ3) is 11.1. The summed E-state index contributed by atoms with van der Waals surface area (Å²) in [4.78, 5) is 28.7. The van der Waals surface area contributed by atoms with Crippen LogP contribution in [0.2, 0.25) is 0 Å². The molecule has 3 aromatic heterocycles. The number of halogens is 2. The van der Waals surface area contributed by atoms with Gasteiger partial charge in [-0.05, 0) is 40.3 Å². The molecular weight excluding hydrogens is 799 g/mol. The zero-order valence-corrected chi connectivity index (χ0v) is 33.6. The van der Waals surface area contributed by atoms with E-state index < -0.39 is 7.60 Å². The monoisotopic (exact) mass is 842 g/mol. The number of nitrogens with zero attached hydrogens (tertiary/aromatic N) is 4. The zero-order valence-electron chi connectivity index (χ0n) is 29.6. The van der Waals surface area contributed by atoms with E-state index in [1.165, 1.54) is 36.8 Å². The fraction of sp³-hybridized carbons (Fsp3) is 0.238. The van der Waals surface area contributed by atoms with Crippen LogP contribution >= 0.6 is 7.60 Å². The van der Waals surface area contributed by atoms with Crippen molar-refractivity contribution in [1.29, 1.82) is 0 Å². The number of rotatable bonds is 14. The van der Waals surface area contributed by atoms with Crippen LogP contribution in [0.5, 0.6) is 0 Å². The Hall–Kier alpha value is -3.85. The van der Waals surface area contributed by atoms with Crippen LogP contribution in [0.15, 0.2) is 128 Å². The van der Waals surface area contributed by atoms with Crippen molar-refractivity contribution in [3.63, 3.8) is 0 Å². The van der Waals surface area contributed by atoms with E-state index in [-0.39, 0.29) is 40.1 Å². The topological polar surface area (TPSA) is 91.1 Å². The molecule has 10 heteroatoms. The molecule has 6 aromatic rings. The number of aryl methyl sites for hydroxylation is 3. The lowest BCUT2D eigenvalue weighted by atomic mass is 10.0. The summed E-state index contributed by atoms with van der Waals surface area (Å²) in [5, 5.41) is 0. The van der Waals surface area contributed by atoms with Gasteiger partial charge < -0.3 is 43.7 Å². The Morgan fingerprint density at radius 2 is 0.904 bits per heavy atom. The molecule has 0 aliphatic rings. The molecular formula is C42H45Br2N4O3P. The van der Waals surface area contributed by atoms with E-state index in [9.17, 15) is 14.4 Å². The summed E-state index contributed by atoms with van der Waals surface area (Å²) >= 11 is 0. The summed E-state index contributed by atoms with van der Waals surface area (Å²) in [6, 6.07) is 35.3. The van der Waals surface area contributed by atoms with Gasteiger partial charge in [-0.3, -0.25) is 4.57 Å². The molecule has 0 atom stereocenters. The molecule has 7 nitrogen and oxygen atoms in total. The van der Waals surface area contributed by atoms with Crippen LogP contribution in [-0.4, -0.2) is 25.9 Å². The molecule has 0 amide bonds. The van der Waals surface area contributed by atoms with Gasteiger partial charge in [-0.15, -0.1) is 0 Å². The van der Waals surface area contributed by atoms with Crippen LogP contribution in [-0.2, 0) is 24.1 Å². The van der Waals surface area contributed by atoms with Gasteiger partial charge in [0.25, 0.3) is 0 Å². The van der Waals surface area contributed by atoms with Gasteiger partial charge in [0, 0.05) is 53.8 Å². The summed E-state index contributed by atoms with van der Waals surface area (Å²) in [6.45, 7) is 6.47. The van der Waals surface area contributed by atoms with Crippen molar-refractivity contribution in [2.24, 2.45) is 0 Å². The van der Waals surface area contributed by atoms with E-state index in [0.717, 1.165) is 57.9 Å². The Morgan fingerprint density at radius 1 is 0.538 bits per heavy atom. The van der Waals surface area contributed by atoms with E-state index in [1.54, 1.807) is 0 Å². The largest absolute Gasteiger partial charge is 1.00 e. The van der Waals surface area contributed by atoms with Crippen LogP contribution in [0.4, 0.5) is 0 Å². The van der Waals surface area contributed by atoms with Crippen LogP contribution in [0, 0.1) is 0 Å². The molecule has 0 saturated heterocycles. The Balaban J connectivity index is 0.00000302. The minimum Gasteiger partial charge on any atom is -1.00 e. The minimum atomic E-state index is -4.07. The normalized spacial score (nSPS) is 11.1. The molecule has 0 bridgehead atoms. The highest BCUT2D eigenvalue weighted by atomic mass is 79.9. The summed E-state index contributed by atoms with van der Waals surface area (Å²) in [5.41, 5.74) is 9.92. The van der Waals surface area contributed by atoms with Crippen molar-refractivity contribution in [3.8, 4) is 56.2 Å². The molecule has 0 fully saturated rings. The van der Waals surface area contributed by atoms with E-state index in [1.807, 2.05) is 30.3 Å². The molecule has 0 unspecified atom stereocenters. The molecule has 2 N–H and O–H groups in total. The zero-order chi connectivity index (χ0) is 34.9. The van der Waals surface area contributed by atoms with Crippen LogP contribution in [0.1, 0.15) is 45.1 Å². The van der Waals surface area contributed by atoms with Gasteiger partial charge in [0.2, 0.25) is 0 Å². The smallest absolute Gasteiger partial charge is 0.325 e. The summed E-state index contributed by atoms with van der Waals surface area (Å²) in [5.74, 6) is 0.589. The number of hydrogen-bond donors (Lipinski definition) is 2. The van der Waals surface area contributed by atoms with E-state index >= 15 is 0 Å². The highest BCUT2D eigenvalue weighted by Gasteiger charge is 2.15. The van der Waals surface area contributed by atoms with Crippen LogP contribution in [0.3, 0.4) is 0 Å². The quantitative estimate of drug-likeness (QED) is 0.130. The van der Waals surface area contributed by atoms with Crippen molar-refractivity contribution < 1.29 is 57.4 Å². The lowest BCUT2D eigenvalue weighted by Gasteiger charge is -2.11. The van der Waals surface area contributed by atoms with Gasteiger partial charge in [0.05, 0.1) is 17.5 Å². The van der Waals surface area contributed by atoms with Gasteiger partial charge in [0.1, 0.15) is 13.1 Å². The van der Waals surface area contributed by atoms with E-state index in [0.29, 0.717) is 12.2 Å². The summed E-state index contributed by atoms with van der Waals surface area (Å²) < 4.78 is 15.9. The third-order valence-corrected chi connectivity index (χ3v) is 9.79. The molecule has 0 spiro atoms. The predicted octanol–water partition coefficient (Wildman–Crippen LogP) is 2.72. The molecule has 52 heavy (non-hydrogen) atoms. The van der Waals surface area contributed by atoms with E-state index in [2.05, 4.69) is 121 Å². The maximum atomic E-state index is 11.4. The van der Waals surface area contributed by atoms with Crippen molar-refractivity contribution >= 4 is 7.60 Å². The summed E-state index contributed by atoms with van der Waals surface area (Å²) in [6.07, 6.45) is 13.4. The molecule has 6 rings (SSSR count). The number of pyridine rings is 2. The van der Waals surface area contributed by atoms with Crippen molar-refractivity contribution in [3.05, 3.63) is 133 Å². The molecule has 0 aliphatic carbocycles. The van der Waals surface area contributed by atoms with Gasteiger partial charge in [-0.25, -0.2) is 19.1 Å². The van der Waals surface area contributed by atoms with Crippen LogP contribution in [0.25, 0.3) is 56.2 Å². The molecule has 270 valence electrons. The fourth-order valence-electron chi connectivity index (χ4n) is 5.91. The molecule has 3 aromatic carbocycles.